The SMILES string of the molecule is CC[NH+]1CCN(C(=O)[C@H](C)[NH+]2CCN(S(=O)(=O)c3ccc(C)c(C)c3)CC2)CC1. The van der Waals surface area contributed by atoms with Gasteiger partial charge in [0, 0.05) is 0 Å². The number of hydrogen-bond donors (Lipinski definition) is 2. The average Bonchev–Trinajstić information content (AvgIpc) is 2.74. The summed E-state index contributed by atoms with van der Waals surface area (Å²) in [6.45, 7) is 15.1. The number of aryl methyl sites for hydroxylation is 2. The van der Waals surface area contributed by atoms with Gasteiger partial charge in [0.2, 0.25) is 10.0 Å². The van der Waals surface area contributed by atoms with Crippen LogP contribution < -0.4 is 9.80 Å². The molecule has 0 spiro atoms. The van der Waals surface area contributed by atoms with Crippen molar-refractivity contribution >= 4 is 15.9 Å². The number of carbonyl (C=O) groups is 1. The summed E-state index contributed by atoms with van der Waals surface area (Å²) in [4.78, 5) is 18.0. The van der Waals surface area contributed by atoms with Crippen LogP contribution in [0.3, 0.4) is 0 Å². The van der Waals surface area contributed by atoms with Crippen LogP contribution in [0.1, 0.15) is 25.0 Å². The lowest BCUT2D eigenvalue weighted by Gasteiger charge is -2.37. The minimum atomic E-state index is -3.48. The van der Waals surface area contributed by atoms with Gasteiger partial charge in [-0.05, 0) is 51.0 Å². The van der Waals surface area contributed by atoms with Gasteiger partial charge < -0.3 is 14.7 Å². The molecule has 0 aromatic heterocycles. The molecular weight excluding hydrogens is 388 g/mol. The van der Waals surface area contributed by atoms with Crippen LogP contribution in [0.4, 0.5) is 0 Å². The lowest BCUT2D eigenvalue weighted by molar-refractivity contribution is -0.918. The first-order valence-corrected chi connectivity index (χ1v) is 12.2. The van der Waals surface area contributed by atoms with Gasteiger partial charge in [-0.1, -0.05) is 6.07 Å². The first-order chi connectivity index (χ1) is 13.7. The molecule has 1 amide bonds. The van der Waals surface area contributed by atoms with E-state index >= 15 is 0 Å². The monoisotopic (exact) mass is 424 g/mol. The zero-order valence-electron chi connectivity index (χ0n) is 18.2. The van der Waals surface area contributed by atoms with Gasteiger partial charge in [-0.25, -0.2) is 8.42 Å². The molecular formula is C21H36N4O3S+2. The van der Waals surface area contributed by atoms with E-state index in [0.717, 1.165) is 43.9 Å². The minimum Gasteiger partial charge on any atom is -0.332 e. The number of benzene rings is 1. The van der Waals surface area contributed by atoms with E-state index in [1.54, 1.807) is 21.3 Å². The highest BCUT2D eigenvalue weighted by Gasteiger charge is 2.37. The van der Waals surface area contributed by atoms with E-state index < -0.39 is 10.0 Å². The number of quaternary nitrogens is 2. The number of carbonyl (C=O) groups excluding carboxylic acids is 1. The van der Waals surface area contributed by atoms with Crippen molar-refractivity contribution < 1.29 is 23.0 Å². The van der Waals surface area contributed by atoms with Crippen LogP contribution in [0, 0.1) is 13.8 Å². The molecule has 0 saturated carbocycles. The second kappa shape index (κ2) is 9.12. The van der Waals surface area contributed by atoms with Crippen LogP contribution in [-0.2, 0) is 14.8 Å². The van der Waals surface area contributed by atoms with Crippen LogP contribution in [0.5, 0.6) is 0 Å². The Hall–Kier alpha value is -1.48. The molecule has 162 valence electrons. The summed E-state index contributed by atoms with van der Waals surface area (Å²) in [7, 11) is -3.48. The van der Waals surface area contributed by atoms with Gasteiger partial charge in [0.05, 0.1) is 63.8 Å². The Balaban J connectivity index is 1.58. The standard InChI is InChI=1S/C21H34N4O3S/c1-5-22-8-10-24(11-9-22)21(26)19(4)23-12-14-25(15-13-23)29(27,28)20-7-6-17(2)18(3)16-20/h6-7,16,19H,5,8-15H2,1-4H3/p+2/t19-/m0/s1. The van der Waals surface area contributed by atoms with Crippen molar-refractivity contribution in [2.24, 2.45) is 0 Å². The average molecular weight is 425 g/mol. The molecule has 0 radical (unpaired) electrons. The van der Waals surface area contributed by atoms with E-state index in [1.807, 2.05) is 31.7 Å². The quantitative estimate of drug-likeness (QED) is 0.594. The first-order valence-electron chi connectivity index (χ1n) is 10.8. The fraction of sp³-hybridized carbons (Fsp3) is 0.667. The normalized spacial score (nSPS) is 21.3. The second-order valence-electron chi connectivity index (χ2n) is 8.46. The van der Waals surface area contributed by atoms with Crippen molar-refractivity contribution in [1.29, 1.82) is 0 Å². The van der Waals surface area contributed by atoms with Crippen molar-refractivity contribution in [2.45, 2.75) is 38.6 Å². The van der Waals surface area contributed by atoms with Gasteiger partial charge in [-0.15, -0.1) is 0 Å². The third-order valence-electron chi connectivity index (χ3n) is 6.75. The Bertz CT molecular complexity index is 826. The van der Waals surface area contributed by atoms with Gasteiger partial charge in [-0.2, -0.15) is 4.31 Å². The molecule has 2 saturated heterocycles. The molecule has 29 heavy (non-hydrogen) atoms. The predicted molar refractivity (Wildman–Crippen MR) is 113 cm³/mol. The Labute approximate surface area is 175 Å². The van der Waals surface area contributed by atoms with Crippen LogP contribution >= 0.6 is 0 Å². The topological polar surface area (TPSA) is 66.6 Å². The molecule has 1 atom stereocenters. The highest BCUT2D eigenvalue weighted by atomic mass is 32.2. The van der Waals surface area contributed by atoms with Crippen LogP contribution in [0.25, 0.3) is 0 Å². The number of nitrogens with one attached hydrogen (secondary N) is 2. The number of nitrogens with zero attached hydrogens (tertiary/aromatic N) is 2. The number of piperazine rings is 2. The summed E-state index contributed by atoms with van der Waals surface area (Å²) in [5.41, 5.74) is 2.08. The van der Waals surface area contributed by atoms with Gasteiger partial charge in [0.1, 0.15) is 0 Å². The summed E-state index contributed by atoms with van der Waals surface area (Å²) < 4.78 is 27.6. The number of likely N-dealkylation sites (N-methyl/N-ethyl adjacent to an activating group) is 1. The summed E-state index contributed by atoms with van der Waals surface area (Å²) in [5, 5.41) is 0. The zero-order valence-corrected chi connectivity index (χ0v) is 19.0. The zero-order chi connectivity index (χ0) is 21.2. The molecule has 2 aliphatic rings. The third-order valence-corrected chi connectivity index (χ3v) is 8.64. The van der Waals surface area contributed by atoms with Crippen molar-refractivity contribution in [3.8, 4) is 0 Å². The Kier molecular flexibility index (Phi) is 6.98. The van der Waals surface area contributed by atoms with Gasteiger partial charge in [0.25, 0.3) is 5.91 Å². The van der Waals surface area contributed by atoms with E-state index in [9.17, 15) is 13.2 Å². The first kappa shape index (κ1) is 22.2. The summed E-state index contributed by atoms with van der Waals surface area (Å²) in [5.74, 6) is 0.209. The molecule has 2 aliphatic heterocycles. The molecule has 0 bridgehead atoms. The van der Waals surface area contributed by atoms with Crippen molar-refractivity contribution in [1.82, 2.24) is 9.21 Å². The number of sulfonamides is 1. The fourth-order valence-corrected chi connectivity index (χ4v) is 5.84. The molecule has 0 unspecified atom stereocenters. The Morgan fingerprint density at radius 2 is 1.66 bits per heavy atom. The molecule has 1 aromatic carbocycles. The highest BCUT2D eigenvalue weighted by Crippen LogP contribution is 2.19. The molecule has 3 rings (SSSR count). The summed E-state index contributed by atoms with van der Waals surface area (Å²) in [6.07, 6.45) is 0. The molecule has 0 aliphatic carbocycles. The summed E-state index contributed by atoms with van der Waals surface area (Å²) >= 11 is 0. The fourth-order valence-electron chi connectivity index (χ4n) is 4.32. The molecule has 7 nitrogen and oxygen atoms in total. The maximum atomic E-state index is 13.0. The largest absolute Gasteiger partial charge is 0.332 e. The predicted octanol–water partition coefficient (Wildman–Crippen LogP) is -1.67. The molecule has 1 aromatic rings. The van der Waals surface area contributed by atoms with E-state index in [1.165, 1.54) is 4.90 Å². The van der Waals surface area contributed by atoms with Crippen LogP contribution in [0.15, 0.2) is 23.1 Å². The summed E-state index contributed by atoms with van der Waals surface area (Å²) in [6, 6.07) is 5.20. The molecule has 2 N–H and O–H groups in total. The molecule has 8 heteroatoms. The van der Waals surface area contributed by atoms with Gasteiger partial charge in [0.15, 0.2) is 6.04 Å². The van der Waals surface area contributed by atoms with Crippen LogP contribution in [-0.4, -0.2) is 88.5 Å². The highest BCUT2D eigenvalue weighted by molar-refractivity contribution is 7.89. The number of hydrogen-bond acceptors (Lipinski definition) is 3. The van der Waals surface area contributed by atoms with Crippen molar-refractivity contribution in [3.63, 3.8) is 0 Å². The second-order valence-corrected chi connectivity index (χ2v) is 10.4. The Morgan fingerprint density at radius 1 is 1.03 bits per heavy atom. The van der Waals surface area contributed by atoms with Crippen molar-refractivity contribution in [2.75, 3.05) is 58.9 Å². The number of rotatable bonds is 5. The lowest BCUT2D eigenvalue weighted by Crippen LogP contribution is -3.19. The van der Waals surface area contributed by atoms with Gasteiger partial charge >= 0.3 is 0 Å². The van der Waals surface area contributed by atoms with E-state index in [-0.39, 0.29) is 11.9 Å². The van der Waals surface area contributed by atoms with Crippen LogP contribution in [0.2, 0.25) is 0 Å². The number of amides is 1. The smallest absolute Gasteiger partial charge is 0.280 e. The minimum absolute atomic E-state index is 0.121. The third kappa shape index (κ3) is 4.82. The van der Waals surface area contributed by atoms with E-state index in [4.69, 9.17) is 0 Å². The van der Waals surface area contributed by atoms with Crippen molar-refractivity contribution in [3.05, 3.63) is 29.3 Å². The Morgan fingerprint density at radius 3 is 2.21 bits per heavy atom. The van der Waals surface area contributed by atoms with E-state index in [0.29, 0.717) is 31.1 Å². The van der Waals surface area contributed by atoms with Gasteiger partial charge in [-0.3, -0.25) is 4.79 Å². The lowest BCUT2D eigenvalue weighted by atomic mass is 10.1. The maximum absolute atomic E-state index is 13.0. The maximum Gasteiger partial charge on any atom is 0.280 e. The molecule has 2 heterocycles. The molecule has 2 fully saturated rings. The van der Waals surface area contributed by atoms with E-state index in [2.05, 4.69) is 6.92 Å².